The summed E-state index contributed by atoms with van der Waals surface area (Å²) in [6, 6.07) is 10.2. The molecule has 1 aliphatic heterocycles. The molecule has 0 radical (unpaired) electrons. The van der Waals surface area contributed by atoms with Gasteiger partial charge in [-0.1, -0.05) is 11.6 Å². The zero-order chi connectivity index (χ0) is 21.5. The van der Waals surface area contributed by atoms with E-state index in [0.29, 0.717) is 17.5 Å². The molecule has 31 heavy (non-hydrogen) atoms. The summed E-state index contributed by atoms with van der Waals surface area (Å²) in [5.41, 5.74) is 7.53. The van der Waals surface area contributed by atoms with Crippen molar-refractivity contribution in [1.82, 2.24) is 14.8 Å². The monoisotopic (exact) mass is 437 g/mol. The fourth-order valence-corrected chi connectivity index (χ4v) is 4.47. The van der Waals surface area contributed by atoms with E-state index in [1.54, 1.807) is 0 Å². The van der Waals surface area contributed by atoms with Crippen molar-refractivity contribution in [3.05, 3.63) is 58.0 Å². The van der Waals surface area contributed by atoms with Crippen molar-refractivity contribution >= 4 is 11.6 Å². The summed E-state index contributed by atoms with van der Waals surface area (Å²) < 4.78 is 14.1. The van der Waals surface area contributed by atoms with Crippen LogP contribution in [0.2, 0.25) is 5.02 Å². The number of ether oxygens (including phenoxy) is 2. The Morgan fingerprint density at radius 3 is 2.68 bits per heavy atom. The van der Waals surface area contributed by atoms with E-state index in [2.05, 4.69) is 28.7 Å². The Balaban J connectivity index is 1.61. The summed E-state index contributed by atoms with van der Waals surface area (Å²) >= 11 is 6.43. The van der Waals surface area contributed by atoms with E-state index >= 15 is 0 Å². The molecule has 1 fully saturated rings. The van der Waals surface area contributed by atoms with E-state index < -0.39 is 0 Å². The van der Waals surface area contributed by atoms with E-state index in [-0.39, 0.29) is 6.10 Å². The number of aryl methyl sites for hydroxylation is 2. The highest BCUT2D eigenvalue weighted by atomic mass is 35.5. The summed E-state index contributed by atoms with van der Waals surface area (Å²) in [5, 5.41) is 5.74. The van der Waals surface area contributed by atoms with Crippen LogP contribution in [0.25, 0.3) is 16.9 Å². The van der Waals surface area contributed by atoms with Crippen LogP contribution in [0.3, 0.4) is 0 Å². The average Bonchev–Trinajstić information content (AvgIpc) is 3.51. The average molecular weight is 438 g/mol. The third-order valence-electron chi connectivity index (χ3n) is 6.01. The predicted molar refractivity (Wildman–Crippen MR) is 122 cm³/mol. The lowest BCUT2D eigenvalue weighted by atomic mass is 10.0. The smallest absolute Gasteiger partial charge is 0.140 e. The highest BCUT2D eigenvalue weighted by Gasteiger charge is 2.26. The highest BCUT2D eigenvalue weighted by Crippen LogP contribution is 2.35. The molecule has 3 aromatic rings. The maximum absolute atomic E-state index is 6.43. The lowest BCUT2D eigenvalue weighted by Gasteiger charge is -2.13. The minimum Gasteiger partial charge on any atom is -0.492 e. The van der Waals surface area contributed by atoms with Crippen molar-refractivity contribution in [2.24, 2.45) is 5.92 Å². The van der Waals surface area contributed by atoms with Gasteiger partial charge < -0.3 is 9.47 Å². The van der Waals surface area contributed by atoms with Crippen LogP contribution < -0.4 is 4.74 Å². The summed E-state index contributed by atoms with van der Waals surface area (Å²) in [7, 11) is 0. The van der Waals surface area contributed by atoms with Gasteiger partial charge >= 0.3 is 0 Å². The molecule has 1 atom stereocenters. The zero-order valence-electron chi connectivity index (χ0n) is 18.3. The molecule has 1 saturated carbocycles. The number of nitrogens with zero attached hydrogens (tertiary/aromatic N) is 3. The summed E-state index contributed by atoms with van der Waals surface area (Å²) in [4.78, 5) is 4.54. The van der Waals surface area contributed by atoms with Crippen molar-refractivity contribution in [3.8, 4) is 22.7 Å². The number of fused-ring (bicyclic) bond motifs is 1. The van der Waals surface area contributed by atoms with Gasteiger partial charge in [-0.3, -0.25) is 4.98 Å². The zero-order valence-corrected chi connectivity index (χ0v) is 19.1. The normalized spacial score (nSPS) is 18.5. The van der Waals surface area contributed by atoms with Crippen LogP contribution in [0.4, 0.5) is 0 Å². The molecule has 2 aromatic heterocycles. The Bertz CT molecular complexity index is 1100. The van der Waals surface area contributed by atoms with Gasteiger partial charge in [-0.25, -0.2) is 4.68 Å². The lowest BCUT2D eigenvalue weighted by Crippen LogP contribution is -2.13. The molecule has 1 aromatic carbocycles. The molecule has 5 nitrogen and oxygen atoms in total. The highest BCUT2D eigenvalue weighted by molar-refractivity contribution is 6.32. The van der Waals surface area contributed by atoms with Crippen LogP contribution in [0, 0.1) is 19.8 Å². The Kier molecular flexibility index (Phi) is 5.49. The molecular weight excluding hydrogens is 410 g/mol. The molecule has 0 amide bonds. The van der Waals surface area contributed by atoms with Crippen LogP contribution in [-0.4, -0.2) is 34.1 Å². The quantitative estimate of drug-likeness (QED) is 0.529. The summed E-state index contributed by atoms with van der Waals surface area (Å²) in [6.07, 6.45) is 4.29. The summed E-state index contributed by atoms with van der Waals surface area (Å²) in [5.74, 6) is 1.40. The van der Waals surface area contributed by atoms with Gasteiger partial charge in [-0.15, -0.1) is 0 Å². The van der Waals surface area contributed by atoms with Crippen molar-refractivity contribution in [2.45, 2.75) is 52.6 Å². The van der Waals surface area contributed by atoms with Gasteiger partial charge in [0, 0.05) is 35.0 Å². The number of aromatic nitrogens is 3. The number of benzene rings is 1. The van der Waals surface area contributed by atoms with E-state index in [4.69, 9.17) is 26.2 Å². The molecule has 3 heterocycles. The topological polar surface area (TPSA) is 49.2 Å². The number of halogens is 1. The molecule has 162 valence electrons. The van der Waals surface area contributed by atoms with Gasteiger partial charge in [0.25, 0.3) is 0 Å². The second-order valence-corrected chi connectivity index (χ2v) is 9.24. The Hall–Kier alpha value is -2.37. The second-order valence-electron chi connectivity index (χ2n) is 8.83. The van der Waals surface area contributed by atoms with E-state index in [9.17, 15) is 0 Å². The first-order chi connectivity index (χ1) is 15.0. The third kappa shape index (κ3) is 4.35. The molecule has 0 N–H and O–H groups in total. The fraction of sp³-hybridized carbons (Fsp3) is 0.440. The van der Waals surface area contributed by atoms with Crippen LogP contribution >= 0.6 is 11.6 Å². The molecule has 0 spiro atoms. The Morgan fingerprint density at radius 1 is 1.16 bits per heavy atom. The van der Waals surface area contributed by atoms with Crippen molar-refractivity contribution < 1.29 is 9.47 Å². The number of hydrogen-bond donors (Lipinski definition) is 0. The Labute approximate surface area is 188 Å². The van der Waals surface area contributed by atoms with Crippen LogP contribution in [0.5, 0.6) is 5.75 Å². The van der Waals surface area contributed by atoms with E-state index in [1.165, 1.54) is 24.1 Å². The molecular formula is C25H28ClN3O2. The first-order valence-electron chi connectivity index (χ1n) is 11.1. The minimum absolute atomic E-state index is 0.142. The van der Waals surface area contributed by atoms with Gasteiger partial charge in [-0.2, -0.15) is 5.10 Å². The van der Waals surface area contributed by atoms with E-state index in [0.717, 1.165) is 53.5 Å². The van der Waals surface area contributed by atoms with Gasteiger partial charge in [0.1, 0.15) is 5.75 Å². The molecule has 2 aliphatic rings. The van der Waals surface area contributed by atoms with Crippen molar-refractivity contribution in [1.29, 1.82) is 0 Å². The third-order valence-corrected chi connectivity index (χ3v) is 6.32. The minimum atomic E-state index is 0.142. The number of hydrogen-bond acceptors (Lipinski definition) is 4. The summed E-state index contributed by atoms with van der Waals surface area (Å²) in [6.45, 7) is 7.61. The van der Waals surface area contributed by atoms with Crippen LogP contribution in [-0.2, 0) is 17.6 Å². The fourth-order valence-electron chi connectivity index (χ4n) is 4.29. The maximum atomic E-state index is 6.43. The molecule has 0 bridgehead atoms. The first-order valence-corrected chi connectivity index (χ1v) is 11.5. The second kappa shape index (κ2) is 8.29. The van der Waals surface area contributed by atoms with Crippen LogP contribution in [0.1, 0.15) is 42.4 Å². The van der Waals surface area contributed by atoms with Gasteiger partial charge in [-0.05, 0) is 70.2 Å². The lowest BCUT2D eigenvalue weighted by molar-refractivity contribution is 0.0735. The standard InChI is InChI=1S/C25H28ClN3O2/c1-15-10-19(11-16(2)27-15)25-21-8-9-30-17(3)12-23(21)29(28-25)20-6-7-22(26)24(13-20)31-14-18-4-5-18/h6-7,10-11,13,17-18H,4-5,8-9,12,14H2,1-3H3/t17-/m1/s1. The molecule has 6 heteroatoms. The molecule has 5 rings (SSSR count). The SMILES string of the molecule is Cc1cc(-c2nn(-c3ccc(Cl)c(OCC4CC4)c3)c3c2CCO[C@H](C)C3)cc(C)n1. The molecule has 0 saturated heterocycles. The largest absolute Gasteiger partial charge is 0.492 e. The molecule has 1 aliphatic carbocycles. The first kappa shape index (κ1) is 20.5. The maximum Gasteiger partial charge on any atom is 0.140 e. The molecule has 0 unspecified atom stereocenters. The van der Waals surface area contributed by atoms with Crippen molar-refractivity contribution in [2.75, 3.05) is 13.2 Å². The number of rotatable bonds is 5. The number of pyridine rings is 1. The van der Waals surface area contributed by atoms with Gasteiger partial charge in [0.05, 0.1) is 41.4 Å². The van der Waals surface area contributed by atoms with E-state index in [1.807, 2.05) is 32.0 Å². The van der Waals surface area contributed by atoms with Crippen LogP contribution in [0.15, 0.2) is 30.3 Å². The predicted octanol–water partition coefficient (Wildman–Crippen LogP) is 5.50. The Morgan fingerprint density at radius 2 is 1.94 bits per heavy atom. The van der Waals surface area contributed by atoms with Crippen molar-refractivity contribution in [3.63, 3.8) is 0 Å². The van der Waals surface area contributed by atoms with Gasteiger partial charge in [0.15, 0.2) is 0 Å². The van der Waals surface area contributed by atoms with Gasteiger partial charge in [0.2, 0.25) is 0 Å².